The van der Waals surface area contributed by atoms with E-state index in [2.05, 4.69) is 37.0 Å². The summed E-state index contributed by atoms with van der Waals surface area (Å²) in [6.45, 7) is 8.09. The molecule has 0 aliphatic carbocycles. The standard InChI is InChI=1S/C29H23F2N7/c1-15(2)16(3)34-20-11-18(12-32-13-20)26-25(31)24-23(14-33-26)37-38-28(24)29-35-22-6-4-5-21(27(22)36-29)17-7-9-19(30)10-8-17/h4-15,34H,3H2,1-2H3,(H,35,36)(H,37,38). The molecule has 4 heterocycles. The zero-order valence-corrected chi connectivity index (χ0v) is 20.7. The molecule has 188 valence electrons. The van der Waals surface area contributed by atoms with Crippen molar-refractivity contribution in [1.82, 2.24) is 30.1 Å². The monoisotopic (exact) mass is 507 g/mol. The molecule has 0 saturated carbocycles. The molecule has 0 radical (unpaired) electrons. The van der Waals surface area contributed by atoms with Crippen LogP contribution in [0.3, 0.4) is 0 Å². The summed E-state index contributed by atoms with van der Waals surface area (Å²) in [6.07, 6.45) is 4.77. The zero-order valence-electron chi connectivity index (χ0n) is 20.7. The van der Waals surface area contributed by atoms with E-state index >= 15 is 4.39 Å². The summed E-state index contributed by atoms with van der Waals surface area (Å²) in [4.78, 5) is 16.6. The van der Waals surface area contributed by atoms with Crippen molar-refractivity contribution in [2.45, 2.75) is 13.8 Å². The molecule has 0 atom stereocenters. The SMILES string of the molecule is C=C(Nc1cncc(-c2ncc3[nH]nc(-c4nc5c(-c6ccc(F)cc6)cccc5[nH]4)c3c2F)c1)C(C)C. The van der Waals surface area contributed by atoms with E-state index in [1.165, 1.54) is 12.1 Å². The summed E-state index contributed by atoms with van der Waals surface area (Å²) in [7, 11) is 0. The van der Waals surface area contributed by atoms with Gasteiger partial charge in [-0.2, -0.15) is 5.10 Å². The molecule has 6 rings (SSSR count). The minimum absolute atomic E-state index is 0.148. The number of hydrogen-bond acceptors (Lipinski definition) is 5. The number of pyridine rings is 2. The Labute approximate surface area is 216 Å². The van der Waals surface area contributed by atoms with Crippen LogP contribution in [0.1, 0.15) is 13.8 Å². The molecule has 2 aromatic carbocycles. The number of imidazole rings is 1. The Hall–Kier alpha value is -4.92. The van der Waals surface area contributed by atoms with Gasteiger partial charge in [0.1, 0.15) is 17.2 Å². The van der Waals surface area contributed by atoms with E-state index in [0.717, 1.165) is 22.3 Å². The normalized spacial score (nSPS) is 11.5. The summed E-state index contributed by atoms with van der Waals surface area (Å²) >= 11 is 0. The maximum absolute atomic E-state index is 16.0. The highest BCUT2D eigenvalue weighted by atomic mass is 19.1. The second kappa shape index (κ2) is 9.19. The quantitative estimate of drug-likeness (QED) is 0.224. The minimum Gasteiger partial charge on any atom is -0.358 e. The van der Waals surface area contributed by atoms with Crippen LogP contribution in [0.15, 0.2) is 79.4 Å². The number of rotatable bonds is 6. The van der Waals surface area contributed by atoms with Gasteiger partial charge >= 0.3 is 0 Å². The van der Waals surface area contributed by atoms with Crippen LogP contribution in [0.5, 0.6) is 0 Å². The summed E-state index contributed by atoms with van der Waals surface area (Å²) in [5.74, 6) is -0.218. The van der Waals surface area contributed by atoms with E-state index in [4.69, 9.17) is 4.98 Å². The predicted molar refractivity (Wildman–Crippen MR) is 145 cm³/mol. The molecular formula is C29H23F2N7. The molecule has 0 spiro atoms. The topological polar surface area (TPSA) is 95.2 Å². The number of H-pyrrole nitrogens is 2. The van der Waals surface area contributed by atoms with Crippen LogP contribution >= 0.6 is 0 Å². The van der Waals surface area contributed by atoms with Gasteiger partial charge in [0.15, 0.2) is 11.6 Å². The fraction of sp³-hybridized carbons (Fsp3) is 0.103. The fourth-order valence-corrected chi connectivity index (χ4v) is 4.32. The van der Waals surface area contributed by atoms with Gasteiger partial charge in [-0.05, 0) is 35.7 Å². The third-order valence-electron chi connectivity index (χ3n) is 6.45. The van der Waals surface area contributed by atoms with Crippen LogP contribution in [-0.4, -0.2) is 30.1 Å². The van der Waals surface area contributed by atoms with Gasteiger partial charge in [0.25, 0.3) is 0 Å². The molecule has 0 aliphatic rings. The fourth-order valence-electron chi connectivity index (χ4n) is 4.32. The van der Waals surface area contributed by atoms with Gasteiger partial charge in [0.2, 0.25) is 0 Å². The molecule has 0 unspecified atom stereocenters. The molecule has 4 aromatic heterocycles. The highest BCUT2D eigenvalue weighted by Crippen LogP contribution is 2.35. The smallest absolute Gasteiger partial charge is 0.161 e. The number of nitrogens with one attached hydrogen (secondary N) is 3. The van der Waals surface area contributed by atoms with Crippen LogP contribution in [0.25, 0.3) is 55.8 Å². The number of aromatic amines is 2. The van der Waals surface area contributed by atoms with Crippen molar-refractivity contribution in [3.8, 4) is 33.9 Å². The number of benzene rings is 2. The Kier molecular flexibility index (Phi) is 5.68. The molecule has 0 aliphatic heterocycles. The lowest BCUT2D eigenvalue weighted by Gasteiger charge is -2.13. The lowest BCUT2D eigenvalue weighted by atomic mass is 10.0. The first-order valence-electron chi connectivity index (χ1n) is 12.1. The first kappa shape index (κ1) is 23.5. The number of halogens is 2. The highest BCUT2D eigenvalue weighted by molar-refractivity contribution is 5.98. The van der Waals surface area contributed by atoms with E-state index < -0.39 is 5.82 Å². The molecule has 0 saturated heterocycles. The van der Waals surface area contributed by atoms with Crippen molar-refractivity contribution in [3.05, 3.63) is 91.0 Å². The van der Waals surface area contributed by atoms with Gasteiger partial charge in [0, 0.05) is 23.0 Å². The van der Waals surface area contributed by atoms with Crippen molar-refractivity contribution in [2.75, 3.05) is 5.32 Å². The number of allylic oxidation sites excluding steroid dienone is 1. The molecule has 9 heteroatoms. The third kappa shape index (κ3) is 4.07. The highest BCUT2D eigenvalue weighted by Gasteiger charge is 2.21. The van der Waals surface area contributed by atoms with Crippen molar-refractivity contribution in [2.24, 2.45) is 5.92 Å². The minimum atomic E-state index is -0.535. The maximum atomic E-state index is 16.0. The van der Waals surface area contributed by atoms with Crippen LogP contribution in [0.2, 0.25) is 0 Å². The van der Waals surface area contributed by atoms with Gasteiger partial charge in [-0.3, -0.25) is 15.1 Å². The third-order valence-corrected chi connectivity index (χ3v) is 6.45. The molecule has 7 nitrogen and oxygen atoms in total. The van der Waals surface area contributed by atoms with Crippen molar-refractivity contribution in [1.29, 1.82) is 0 Å². The van der Waals surface area contributed by atoms with Gasteiger partial charge in [0.05, 0.1) is 40.0 Å². The Morgan fingerprint density at radius 3 is 2.55 bits per heavy atom. The van der Waals surface area contributed by atoms with Crippen molar-refractivity contribution in [3.63, 3.8) is 0 Å². The summed E-state index contributed by atoms with van der Waals surface area (Å²) in [5, 5.41) is 10.7. The van der Waals surface area contributed by atoms with Crippen LogP contribution in [-0.2, 0) is 0 Å². The Balaban J connectivity index is 1.45. The molecule has 6 aromatic rings. The lowest BCUT2D eigenvalue weighted by molar-refractivity contribution is 0.628. The van der Waals surface area contributed by atoms with Crippen molar-refractivity contribution < 1.29 is 8.78 Å². The zero-order chi connectivity index (χ0) is 26.4. The van der Waals surface area contributed by atoms with Gasteiger partial charge in [-0.1, -0.05) is 44.7 Å². The average molecular weight is 508 g/mol. The van der Waals surface area contributed by atoms with E-state index in [1.807, 2.05) is 32.0 Å². The van der Waals surface area contributed by atoms with E-state index in [0.29, 0.717) is 33.8 Å². The second-order valence-electron chi connectivity index (χ2n) is 9.34. The van der Waals surface area contributed by atoms with E-state index in [9.17, 15) is 4.39 Å². The molecular weight excluding hydrogens is 484 g/mol. The number of aromatic nitrogens is 6. The Bertz CT molecular complexity index is 1820. The molecule has 0 fully saturated rings. The maximum Gasteiger partial charge on any atom is 0.161 e. The van der Waals surface area contributed by atoms with Gasteiger partial charge in [-0.15, -0.1) is 0 Å². The van der Waals surface area contributed by atoms with Crippen molar-refractivity contribution >= 4 is 27.6 Å². The Morgan fingerprint density at radius 1 is 0.947 bits per heavy atom. The number of nitrogens with zero attached hydrogens (tertiary/aromatic N) is 4. The molecule has 3 N–H and O–H groups in total. The first-order valence-corrected chi connectivity index (χ1v) is 12.1. The Morgan fingerprint density at radius 2 is 1.76 bits per heavy atom. The molecule has 0 amide bonds. The summed E-state index contributed by atoms with van der Waals surface area (Å²) in [5.41, 5.74) is 6.03. The summed E-state index contributed by atoms with van der Waals surface area (Å²) < 4.78 is 29.5. The van der Waals surface area contributed by atoms with Crippen LogP contribution in [0.4, 0.5) is 14.5 Å². The van der Waals surface area contributed by atoms with Gasteiger partial charge < -0.3 is 10.3 Å². The molecule has 0 bridgehead atoms. The van der Waals surface area contributed by atoms with E-state index in [1.54, 1.807) is 36.8 Å². The number of para-hydroxylation sites is 1. The predicted octanol–water partition coefficient (Wildman–Crippen LogP) is 7.09. The van der Waals surface area contributed by atoms with E-state index in [-0.39, 0.29) is 22.8 Å². The number of fused-ring (bicyclic) bond motifs is 2. The number of hydrogen-bond donors (Lipinski definition) is 3. The van der Waals surface area contributed by atoms with Crippen LogP contribution < -0.4 is 5.32 Å². The van der Waals surface area contributed by atoms with Crippen LogP contribution in [0, 0.1) is 17.6 Å². The lowest BCUT2D eigenvalue weighted by Crippen LogP contribution is -2.05. The molecule has 38 heavy (non-hydrogen) atoms. The second-order valence-corrected chi connectivity index (χ2v) is 9.34. The average Bonchev–Trinajstić information content (AvgIpc) is 3.54. The number of anilines is 1. The largest absolute Gasteiger partial charge is 0.358 e. The first-order chi connectivity index (χ1) is 18.4. The van der Waals surface area contributed by atoms with Gasteiger partial charge in [-0.25, -0.2) is 13.8 Å². The summed E-state index contributed by atoms with van der Waals surface area (Å²) in [6, 6.07) is 13.7.